The second kappa shape index (κ2) is 6.83. The molecule has 0 aliphatic rings. The molecule has 1 amide bonds. The van der Waals surface area contributed by atoms with Gasteiger partial charge in [-0.25, -0.2) is 0 Å². The van der Waals surface area contributed by atoms with Crippen LogP contribution in [0.15, 0.2) is 0 Å². The normalized spacial score (nSPS) is 13.9. The average Bonchev–Trinajstić information content (AvgIpc) is 2.11. The molecule has 0 aromatic heterocycles. The van der Waals surface area contributed by atoms with Crippen molar-refractivity contribution in [3.63, 3.8) is 0 Å². The number of amides is 1. The molecule has 0 saturated carbocycles. The van der Waals surface area contributed by atoms with E-state index < -0.39 is 5.54 Å². The molecular formula is C12H26N2O. The van der Waals surface area contributed by atoms with Gasteiger partial charge in [-0.2, -0.15) is 0 Å². The topological polar surface area (TPSA) is 55.1 Å². The lowest BCUT2D eigenvalue weighted by Crippen LogP contribution is -2.53. The minimum absolute atomic E-state index is 0.289. The van der Waals surface area contributed by atoms with Gasteiger partial charge in [-0.15, -0.1) is 0 Å². The Kier molecular flexibility index (Phi) is 6.57. The van der Waals surface area contributed by atoms with Crippen molar-refractivity contribution in [3.8, 4) is 0 Å². The van der Waals surface area contributed by atoms with E-state index in [0.717, 1.165) is 6.42 Å². The van der Waals surface area contributed by atoms with E-state index in [9.17, 15) is 4.79 Å². The van der Waals surface area contributed by atoms with Crippen molar-refractivity contribution < 1.29 is 4.79 Å². The smallest absolute Gasteiger partial charge is 0.237 e. The van der Waals surface area contributed by atoms with Crippen molar-refractivity contribution in [1.82, 2.24) is 5.32 Å². The molecule has 3 heteroatoms. The summed E-state index contributed by atoms with van der Waals surface area (Å²) in [6.45, 7) is 7.98. The van der Waals surface area contributed by atoms with E-state index in [1.807, 2.05) is 13.8 Å². The van der Waals surface area contributed by atoms with E-state index in [-0.39, 0.29) is 5.91 Å². The van der Waals surface area contributed by atoms with Gasteiger partial charge in [-0.1, -0.05) is 32.6 Å². The van der Waals surface area contributed by atoms with Crippen LogP contribution < -0.4 is 11.1 Å². The zero-order valence-corrected chi connectivity index (χ0v) is 10.6. The Bertz CT molecular complexity index is 190. The molecule has 0 rings (SSSR count). The van der Waals surface area contributed by atoms with E-state index in [2.05, 4.69) is 19.2 Å². The Morgan fingerprint density at radius 2 is 1.93 bits per heavy atom. The predicted molar refractivity (Wildman–Crippen MR) is 64.6 cm³/mol. The third-order valence-electron chi connectivity index (χ3n) is 2.71. The first-order chi connectivity index (χ1) is 6.90. The number of nitrogens with one attached hydrogen (secondary N) is 1. The third kappa shape index (κ3) is 6.50. The fourth-order valence-electron chi connectivity index (χ4n) is 1.64. The van der Waals surface area contributed by atoms with E-state index in [4.69, 9.17) is 5.73 Å². The molecule has 0 saturated heterocycles. The summed E-state index contributed by atoms with van der Waals surface area (Å²) in [6.07, 6.45) is 6.16. The molecule has 3 N–H and O–H groups in total. The lowest BCUT2D eigenvalue weighted by molar-refractivity contribution is -0.123. The van der Waals surface area contributed by atoms with Gasteiger partial charge in [0, 0.05) is 6.04 Å². The fourth-order valence-corrected chi connectivity index (χ4v) is 1.64. The van der Waals surface area contributed by atoms with Gasteiger partial charge in [0.25, 0.3) is 0 Å². The van der Waals surface area contributed by atoms with Gasteiger partial charge in [-0.3, -0.25) is 4.79 Å². The second-order valence-electron chi connectivity index (χ2n) is 4.88. The lowest BCUT2D eigenvalue weighted by Gasteiger charge is -2.27. The Hall–Kier alpha value is -0.570. The molecule has 0 radical (unpaired) electrons. The molecule has 1 unspecified atom stereocenters. The third-order valence-corrected chi connectivity index (χ3v) is 2.71. The summed E-state index contributed by atoms with van der Waals surface area (Å²) in [4.78, 5) is 11.1. The zero-order valence-electron chi connectivity index (χ0n) is 10.6. The van der Waals surface area contributed by atoms with E-state index in [1.54, 1.807) is 0 Å². The largest absolute Gasteiger partial charge is 0.368 e. The minimum Gasteiger partial charge on any atom is -0.368 e. The second-order valence-corrected chi connectivity index (χ2v) is 4.88. The molecule has 0 aliphatic carbocycles. The van der Waals surface area contributed by atoms with Crippen LogP contribution in [-0.2, 0) is 4.79 Å². The standard InChI is InChI=1S/C12H26N2O/c1-5-6-7-8-9-10(2)14-12(3,4)11(13)15/h10,14H,5-9H2,1-4H3,(H2,13,15). The molecule has 3 nitrogen and oxygen atoms in total. The van der Waals surface area contributed by atoms with Gasteiger partial charge >= 0.3 is 0 Å². The molecule has 0 aromatic rings. The number of unbranched alkanes of at least 4 members (excludes halogenated alkanes) is 3. The van der Waals surface area contributed by atoms with E-state index >= 15 is 0 Å². The van der Waals surface area contributed by atoms with Gasteiger partial charge in [0.15, 0.2) is 0 Å². The Balaban J connectivity index is 3.73. The maximum atomic E-state index is 11.1. The Morgan fingerprint density at radius 3 is 2.40 bits per heavy atom. The van der Waals surface area contributed by atoms with Crippen LogP contribution in [0.25, 0.3) is 0 Å². The molecule has 0 aliphatic heterocycles. The molecule has 15 heavy (non-hydrogen) atoms. The molecule has 0 spiro atoms. The van der Waals surface area contributed by atoms with Gasteiger partial charge in [-0.05, 0) is 27.2 Å². The van der Waals surface area contributed by atoms with Gasteiger partial charge in [0.2, 0.25) is 5.91 Å². The molecule has 0 bridgehead atoms. The highest BCUT2D eigenvalue weighted by Crippen LogP contribution is 2.09. The minimum atomic E-state index is -0.593. The number of hydrogen-bond donors (Lipinski definition) is 2. The lowest BCUT2D eigenvalue weighted by atomic mass is 10.0. The van der Waals surface area contributed by atoms with Gasteiger partial charge in [0.1, 0.15) is 0 Å². The van der Waals surface area contributed by atoms with Crippen LogP contribution in [-0.4, -0.2) is 17.5 Å². The summed E-state index contributed by atoms with van der Waals surface area (Å²) in [7, 11) is 0. The van der Waals surface area contributed by atoms with Gasteiger partial charge < -0.3 is 11.1 Å². The predicted octanol–water partition coefficient (Wildman–Crippen LogP) is 2.20. The number of nitrogens with two attached hydrogens (primary N) is 1. The number of rotatable bonds is 8. The highest BCUT2D eigenvalue weighted by Gasteiger charge is 2.25. The van der Waals surface area contributed by atoms with Crippen molar-refractivity contribution in [2.24, 2.45) is 5.73 Å². The summed E-state index contributed by atoms with van der Waals surface area (Å²) >= 11 is 0. The zero-order chi connectivity index (χ0) is 11.9. The summed E-state index contributed by atoms with van der Waals surface area (Å²) in [5.41, 5.74) is 4.70. The number of hydrogen-bond acceptors (Lipinski definition) is 2. The quantitative estimate of drug-likeness (QED) is 0.609. The highest BCUT2D eigenvalue weighted by molar-refractivity contribution is 5.83. The molecule has 0 heterocycles. The average molecular weight is 214 g/mol. The molecule has 1 atom stereocenters. The van der Waals surface area contributed by atoms with Crippen molar-refractivity contribution >= 4 is 5.91 Å². The summed E-state index contributed by atoms with van der Waals surface area (Å²) in [5.74, 6) is -0.289. The van der Waals surface area contributed by atoms with Crippen LogP contribution in [0.3, 0.4) is 0 Å². The maximum absolute atomic E-state index is 11.1. The monoisotopic (exact) mass is 214 g/mol. The van der Waals surface area contributed by atoms with Crippen molar-refractivity contribution in [3.05, 3.63) is 0 Å². The first-order valence-electron chi connectivity index (χ1n) is 5.97. The van der Waals surface area contributed by atoms with E-state index in [1.165, 1.54) is 25.7 Å². The summed E-state index contributed by atoms with van der Waals surface area (Å²) in [6, 6.07) is 0.351. The first kappa shape index (κ1) is 14.4. The first-order valence-corrected chi connectivity index (χ1v) is 5.97. The van der Waals surface area contributed by atoms with Crippen LogP contribution in [0.5, 0.6) is 0 Å². The fraction of sp³-hybridized carbons (Fsp3) is 0.917. The van der Waals surface area contributed by atoms with Crippen LogP contribution in [0, 0.1) is 0 Å². The molecular weight excluding hydrogens is 188 g/mol. The molecule has 0 fully saturated rings. The van der Waals surface area contributed by atoms with Gasteiger partial charge in [0.05, 0.1) is 5.54 Å². The highest BCUT2D eigenvalue weighted by atomic mass is 16.1. The summed E-state index contributed by atoms with van der Waals surface area (Å²) in [5, 5.41) is 3.26. The van der Waals surface area contributed by atoms with Crippen molar-refractivity contribution in [2.45, 2.75) is 71.4 Å². The van der Waals surface area contributed by atoms with Crippen LogP contribution in [0.4, 0.5) is 0 Å². The SMILES string of the molecule is CCCCCCC(C)NC(C)(C)C(N)=O. The van der Waals surface area contributed by atoms with Crippen LogP contribution in [0.1, 0.15) is 59.8 Å². The number of carbonyl (C=O) groups excluding carboxylic acids is 1. The number of carbonyl (C=O) groups is 1. The van der Waals surface area contributed by atoms with Crippen molar-refractivity contribution in [1.29, 1.82) is 0 Å². The van der Waals surface area contributed by atoms with E-state index in [0.29, 0.717) is 6.04 Å². The van der Waals surface area contributed by atoms with Crippen LogP contribution in [0.2, 0.25) is 0 Å². The summed E-state index contributed by atoms with van der Waals surface area (Å²) < 4.78 is 0. The van der Waals surface area contributed by atoms with Crippen molar-refractivity contribution in [2.75, 3.05) is 0 Å². The molecule has 0 aromatic carbocycles. The van der Waals surface area contributed by atoms with Crippen LogP contribution >= 0.6 is 0 Å². The Morgan fingerprint density at radius 1 is 1.33 bits per heavy atom. The maximum Gasteiger partial charge on any atom is 0.237 e. The Labute approximate surface area is 93.8 Å². The number of primary amides is 1. The molecule has 90 valence electrons.